The summed E-state index contributed by atoms with van der Waals surface area (Å²) in [5, 5.41) is 7.38. The molecule has 0 saturated heterocycles. The molecular formula is C24H24N4OS. The standard InChI is InChI=1S/C24H24N4OS/c1-3-24(2)15-17-11-7-8-12-18(17)20-19(24)21(29)27(22-25-26-23(30)28(20)22)14-13-16-9-5-4-6-10-16/h4-12H,3,13-15H2,1-2H3,(H,26,30). The fourth-order valence-electron chi connectivity index (χ4n) is 4.71. The van der Waals surface area contributed by atoms with E-state index in [0.29, 0.717) is 17.1 Å². The average molecular weight is 417 g/mol. The maximum absolute atomic E-state index is 13.9. The summed E-state index contributed by atoms with van der Waals surface area (Å²) >= 11 is 5.62. The number of hydrogen-bond acceptors (Lipinski definition) is 3. The Morgan fingerprint density at radius 1 is 1.13 bits per heavy atom. The van der Waals surface area contributed by atoms with Gasteiger partial charge in [-0.05, 0) is 42.6 Å². The highest BCUT2D eigenvalue weighted by Crippen LogP contribution is 2.43. The van der Waals surface area contributed by atoms with Crippen molar-refractivity contribution in [1.82, 2.24) is 19.2 Å². The van der Waals surface area contributed by atoms with E-state index in [0.717, 1.165) is 36.1 Å². The molecule has 0 spiro atoms. The molecule has 30 heavy (non-hydrogen) atoms. The number of aryl methyl sites for hydroxylation is 2. The molecule has 6 heteroatoms. The van der Waals surface area contributed by atoms with Gasteiger partial charge in [-0.3, -0.25) is 13.8 Å². The van der Waals surface area contributed by atoms with Crippen LogP contribution in [-0.4, -0.2) is 19.2 Å². The van der Waals surface area contributed by atoms with Crippen molar-refractivity contribution in [2.75, 3.05) is 0 Å². The molecule has 1 N–H and O–H groups in total. The molecule has 0 bridgehead atoms. The van der Waals surface area contributed by atoms with Gasteiger partial charge in [-0.15, -0.1) is 5.10 Å². The summed E-state index contributed by atoms with van der Waals surface area (Å²) in [4.78, 5) is 13.9. The first-order valence-electron chi connectivity index (χ1n) is 10.4. The normalized spacial score (nSPS) is 17.7. The van der Waals surface area contributed by atoms with Crippen molar-refractivity contribution in [2.45, 2.75) is 45.1 Å². The first kappa shape index (κ1) is 19.0. The second kappa shape index (κ2) is 7.06. The summed E-state index contributed by atoms with van der Waals surface area (Å²) in [6.45, 7) is 4.91. The number of aromatic amines is 1. The minimum atomic E-state index is -0.254. The number of benzene rings is 2. The van der Waals surface area contributed by atoms with Crippen LogP contribution in [0.4, 0.5) is 0 Å². The topological polar surface area (TPSA) is 55.1 Å². The molecule has 2 heterocycles. The van der Waals surface area contributed by atoms with E-state index in [1.165, 1.54) is 11.1 Å². The quantitative estimate of drug-likeness (QED) is 0.491. The Bertz CT molecular complexity index is 1370. The largest absolute Gasteiger partial charge is 0.276 e. The van der Waals surface area contributed by atoms with Crippen molar-refractivity contribution >= 4 is 18.0 Å². The Hall–Kier alpha value is -2.99. The number of nitrogens with one attached hydrogen (secondary N) is 1. The van der Waals surface area contributed by atoms with Crippen LogP contribution in [0.15, 0.2) is 59.4 Å². The molecule has 0 radical (unpaired) electrons. The van der Waals surface area contributed by atoms with Crippen LogP contribution in [-0.2, 0) is 24.8 Å². The van der Waals surface area contributed by atoms with Crippen LogP contribution >= 0.6 is 12.2 Å². The minimum absolute atomic E-state index is 0.0429. The van der Waals surface area contributed by atoms with Crippen LogP contribution in [0, 0.1) is 4.77 Å². The second-order valence-electron chi connectivity index (χ2n) is 8.33. The van der Waals surface area contributed by atoms with Crippen molar-refractivity contribution in [1.29, 1.82) is 0 Å². The molecule has 152 valence electrons. The van der Waals surface area contributed by atoms with Gasteiger partial charge in [0.2, 0.25) is 10.5 Å². The maximum Gasteiger partial charge on any atom is 0.259 e. The van der Waals surface area contributed by atoms with Gasteiger partial charge in [0.15, 0.2) is 0 Å². The van der Waals surface area contributed by atoms with Gasteiger partial charge in [-0.1, -0.05) is 68.4 Å². The SMILES string of the molecule is CCC1(C)Cc2ccccc2-c2c1c(=O)n(CCc1ccccc1)c1n[nH]c(=S)n21. The van der Waals surface area contributed by atoms with E-state index in [9.17, 15) is 4.79 Å². The average Bonchev–Trinajstić information content (AvgIpc) is 3.15. The van der Waals surface area contributed by atoms with Gasteiger partial charge in [0.1, 0.15) is 0 Å². The smallest absolute Gasteiger partial charge is 0.259 e. The van der Waals surface area contributed by atoms with Crippen LogP contribution in [0.3, 0.4) is 0 Å². The summed E-state index contributed by atoms with van der Waals surface area (Å²) in [6, 6.07) is 18.6. The molecule has 1 atom stereocenters. The van der Waals surface area contributed by atoms with Gasteiger partial charge in [0.25, 0.3) is 5.56 Å². The van der Waals surface area contributed by atoms with Crippen LogP contribution in [0.2, 0.25) is 0 Å². The monoisotopic (exact) mass is 416 g/mol. The zero-order valence-corrected chi connectivity index (χ0v) is 18.0. The van der Waals surface area contributed by atoms with E-state index >= 15 is 0 Å². The maximum atomic E-state index is 13.9. The number of aromatic nitrogens is 4. The summed E-state index contributed by atoms with van der Waals surface area (Å²) in [5.41, 5.74) is 5.06. The lowest BCUT2D eigenvalue weighted by molar-refractivity contribution is 0.434. The Kier molecular flexibility index (Phi) is 4.47. The molecule has 2 aromatic heterocycles. The van der Waals surface area contributed by atoms with Crippen molar-refractivity contribution < 1.29 is 0 Å². The third-order valence-electron chi connectivity index (χ3n) is 6.52. The molecule has 1 aliphatic carbocycles. The summed E-state index contributed by atoms with van der Waals surface area (Å²) in [7, 11) is 0. The fraction of sp³-hybridized carbons (Fsp3) is 0.292. The van der Waals surface area contributed by atoms with Crippen molar-refractivity contribution in [3.63, 3.8) is 0 Å². The lowest BCUT2D eigenvalue weighted by Crippen LogP contribution is -2.40. The fourth-order valence-corrected chi connectivity index (χ4v) is 4.93. The van der Waals surface area contributed by atoms with Gasteiger partial charge < -0.3 is 0 Å². The molecule has 0 fully saturated rings. The highest BCUT2D eigenvalue weighted by molar-refractivity contribution is 7.71. The first-order valence-corrected chi connectivity index (χ1v) is 10.8. The molecule has 1 aliphatic rings. The summed E-state index contributed by atoms with van der Waals surface area (Å²) in [6.07, 6.45) is 2.48. The second-order valence-corrected chi connectivity index (χ2v) is 8.72. The van der Waals surface area contributed by atoms with Crippen LogP contribution in [0.5, 0.6) is 0 Å². The van der Waals surface area contributed by atoms with Crippen LogP contribution in [0.25, 0.3) is 17.0 Å². The number of rotatable bonds is 4. The lowest BCUT2D eigenvalue weighted by Gasteiger charge is -2.36. The van der Waals surface area contributed by atoms with Gasteiger partial charge in [0.05, 0.1) is 5.69 Å². The Morgan fingerprint density at radius 2 is 1.87 bits per heavy atom. The molecule has 5 nitrogen and oxygen atoms in total. The molecule has 0 aliphatic heterocycles. The molecule has 0 amide bonds. The summed E-state index contributed by atoms with van der Waals surface area (Å²) < 4.78 is 4.27. The molecule has 0 saturated carbocycles. The van der Waals surface area contributed by atoms with Crippen molar-refractivity contribution in [3.05, 3.63) is 86.4 Å². The molecule has 4 aromatic rings. The van der Waals surface area contributed by atoms with Gasteiger partial charge in [-0.25, -0.2) is 5.10 Å². The number of fused-ring (bicyclic) bond motifs is 5. The zero-order chi connectivity index (χ0) is 20.9. The van der Waals surface area contributed by atoms with E-state index in [1.807, 2.05) is 28.7 Å². The Labute approximate surface area is 180 Å². The molecular weight excluding hydrogens is 392 g/mol. The number of nitrogens with zero attached hydrogens (tertiary/aromatic N) is 3. The van der Waals surface area contributed by atoms with Gasteiger partial charge in [0, 0.05) is 23.1 Å². The Morgan fingerprint density at radius 3 is 2.63 bits per heavy atom. The van der Waals surface area contributed by atoms with E-state index in [-0.39, 0.29) is 11.0 Å². The van der Waals surface area contributed by atoms with Gasteiger partial charge in [-0.2, -0.15) is 0 Å². The molecule has 2 aromatic carbocycles. The van der Waals surface area contributed by atoms with E-state index < -0.39 is 0 Å². The van der Waals surface area contributed by atoms with Crippen molar-refractivity contribution in [3.8, 4) is 11.3 Å². The van der Waals surface area contributed by atoms with E-state index in [4.69, 9.17) is 12.2 Å². The first-order chi connectivity index (χ1) is 14.5. The number of H-pyrrole nitrogens is 1. The number of hydrogen-bond donors (Lipinski definition) is 1. The van der Waals surface area contributed by atoms with Gasteiger partial charge >= 0.3 is 0 Å². The predicted molar refractivity (Wildman–Crippen MR) is 122 cm³/mol. The third kappa shape index (κ3) is 2.78. The highest BCUT2D eigenvalue weighted by Gasteiger charge is 2.38. The Balaban J connectivity index is 1.81. The highest BCUT2D eigenvalue weighted by atomic mass is 32.1. The minimum Gasteiger partial charge on any atom is -0.276 e. The lowest BCUT2D eigenvalue weighted by atomic mass is 9.69. The molecule has 5 rings (SSSR count). The predicted octanol–water partition coefficient (Wildman–Crippen LogP) is 4.69. The van der Waals surface area contributed by atoms with Crippen LogP contribution < -0.4 is 5.56 Å². The van der Waals surface area contributed by atoms with Crippen LogP contribution in [0.1, 0.15) is 37.0 Å². The van der Waals surface area contributed by atoms with Crippen molar-refractivity contribution in [2.24, 2.45) is 0 Å². The zero-order valence-electron chi connectivity index (χ0n) is 17.2. The molecule has 1 unspecified atom stereocenters. The van der Waals surface area contributed by atoms with E-state index in [2.05, 4.69) is 54.4 Å². The van der Waals surface area contributed by atoms with E-state index in [1.54, 1.807) is 4.57 Å². The summed E-state index contributed by atoms with van der Waals surface area (Å²) in [5.74, 6) is 0.579. The third-order valence-corrected chi connectivity index (χ3v) is 6.79.